The van der Waals surface area contributed by atoms with Gasteiger partial charge in [-0.15, -0.1) is 17.7 Å². The molecule has 0 heterocycles. The number of hydrogen-bond donors (Lipinski definition) is 2. The van der Waals surface area contributed by atoms with E-state index in [4.69, 9.17) is 23.2 Å². The van der Waals surface area contributed by atoms with E-state index < -0.39 is 23.1 Å². The number of nitrogens with zero attached hydrogens (tertiary/aromatic N) is 3. The zero-order valence-electron chi connectivity index (χ0n) is 8.89. The molecule has 9 heteroatoms. The van der Waals surface area contributed by atoms with E-state index in [1.807, 2.05) is 0 Å². The lowest BCUT2D eigenvalue weighted by molar-refractivity contribution is -0.194. The lowest BCUT2D eigenvalue weighted by atomic mass is 10.3. The van der Waals surface area contributed by atoms with Gasteiger partial charge in [-0.2, -0.15) is 4.90 Å². The molecule has 0 aliphatic carbocycles. The predicted molar refractivity (Wildman–Crippen MR) is 63.1 cm³/mol. The molecule has 0 aliphatic heterocycles. The molecule has 1 aromatic rings. The van der Waals surface area contributed by atoms with Crippen LogP contribution in [0.1, 0.15) is 0 Å². The Labute approximate surface area is 106 Å². The first-order chi connectivity index (χ1) is 8.36. The number of benzene rings is 1. The fourth-order valence-corrected chi connectivity index (χ4v) is 1.18. The fourth-order valence-electron chi connectivity index (χ4n) is 1.10. The minimum absolute atomic E-state index is 0.242. The molecule has 0 spiro atoms. The van der Waals surface area contributed by atoms with Crippen molar-refractivity contribution in [3.63, 3.8) is 0 Å². The fraction of sp³-hybridized carbons (Fsp3) is 0.111. The minimum Gasteiger partial charge on any atom is -0.369 e. The molecule has 0 saturated carbocycles. The molecular formula is C9H9ClF3N5. The van der Waals surface area contributed by atoms with Crippen molar-refractivity contribution in [3.8, 4) is 0 Å². The molecule has 0 amide bonds. The largest absolute Gasteiger partial charge is 0.494 e. The monoisotopic (exact) mass is 279 g/mol. The van der Waals surface area contributed by atoms with Gasteiger partial charge in [0.2, 0.25) is 11.9 Å². The van der Waals surface area contributed by atoms with Crippen molar-refractivity contribution in [2.45, 2.75) is 6.30 Å². The van der Waals surface area contributed by atoms with Crippen LogP contribution in [0.2, 0.25) is 0 Å². The van der Waals surface area contributed by atoms with E-state index in [-0.39, 0.29) is 5.69 Å². The van der Waals surface area contributed by atoms with Crippen LogP contribution in [0.5, 0.6) is 0 Å². The number of alkyl halides is 3. The Kier molecular flexibility index (Phi) is 4.38. The summed E-state index contributed by atoms with van der Waals surface area (Å²) in [6, 6.07) is 7.85. The Balaban J connectivity index is 3.12. The van der Waals surface area contributed by atoms with Crippen LogP contribution in [-0.4, -0.2) is 23.1 Å². The van der Waals surface area contributed by atoms with Crippen LogP contribution in [0.3, 0.4) is 0 Å². The molecule has 1 aromatic carbocycles. The summed E-state index contributed by atoms with van der Waals surface area (Å²) in [6.07, 6.45) is -4.87. The first-order valence-electron chi connectivity index (χ1n) is 4.57. The van der Waals surface area contributed by atoms with Crippen LogP contribution in [-0.2, 0) is 0 Å². The highest BCUT2D eigenvalue weighted by Crippen LogP contribution is 2.22. The normalized spacial score (nSPS) is 13.6. The molecule has 4 N–H and O–H groups in total. The molecule has 1 rings (SSSR count). The molecule has 98 valence electrons. The van der Waals surface area contributed by atoms with Crippen molar-refractivity contribution in [2.24, 2.45) is 21.0 Å². The molecule has 0 aliphatic rings. The highest BCUT2D eigenvalue weighted by Gasteiger charge is 2.42. The number of rotatable bonds is 1. The van der Waals surface area contributed by atoms with Gasteiger partial charge in [0.25, 0.3) is 0 Å². The Morgan fingerprint density at radius 1 is 1.11 bits per heavy atom. The Hall–Kier alpha value is -1.96. The number of guanidine groups is 2. The summed E-state index contributed by atoms with van der Waals surface area (Å²) in [7, 11) is 0. The van der Waals surface area contributed by atoms with Crippen molar-refractivity contribution in [3.05, 3.63) is 30.3 Å². The Morgan fingerprint density at radius 3 is 2.11 bits per heavy atom. The van der Waals surface area contributed by atoms with Crippen molar-refractivity contribution < 1.29 is 13.2 Å². The van der Waals surface area contributed by atoms with Crippen LogP contribution in [0.15, 0.2) is 39.8 Å². The topological polar surface area (TPSA) is 80.0 Å². The molecule has 5 nitrogen and oxygen atoms in total. The number of halogens is 4. The summed E-state index contributed by atoms with van der Waals surface area (Å²) < 4.78 is 40.7. The van der Waals surface area contributed by atoms with Crippen molar-refractivity contribution in [2.75, 3.05) is 0 Å². The molecule has 0 radical (unpaired) electrons. The molecular weight excluding hydrogens is 271 g/mol. The molecule has 0 bridgehead atoms. The zero-order valence-corrected chi connectivity index (χ0v) is 9.65. The number of hydrogen-bond acceptors (Lipinski definition) is 2. The molecule has 0 fully saturated rings. The molecule has 0 saturated heterocycles. The average Bonchev–Trinajstić information content (AvgIpc) is 2.28. The van der Waals surface area contributed by atoms with E-state index in [1.54, 1.807) is 18.2 Å². The van der Waals surface area contributed by atoms with Crippen LogP contribution >= 0.6 is 11.8 Å². The molecule has 0 aromatic heterocycles. The maximum absolute atomic E-state index is 12.7. The van der Waals surface area contributed by atoms with E-state index in [2.05, 4.69) is 9.50 Å². The highest BCUT2D eigenvalue weighted by molar-refractivity contribution is 6.20. The van der Waals surface area contributed by atoms with Gasteiger partial charge < -0.3 is 11.5 Å². The zero-order chi connectivity index (χ0) is 13.8. The van der Waals surface area contributed by atoms with Gasteiger partial charge in [0.05, 0.1) is 5.69 Å². The summed E-state index contributed by atoms with van der Waals surface area (Å²) in [6.45, 7) is 0. The third-order valence-electron chi connectivity index (χ3n) is 1.80. The van der Waals surface area contributed by atoms with Crippen molar-refractivity contribution >= 4 is 29.4 Å². The number of para-hydroxylation sites is 1. The summed E-state index contributed by atoms with van der Waals surface area (Å²) in [4.78, 5) is 3.15. The molecule has 0 atom stereocenters. The highest BCUT2D eigenvalue weighted by atomic mass is 35.5. The van der Waals surface area contributed by atoms with Gasteiger partial charge in [0, 0.05) is 11.8 Å². The van der Waals surface area contributed by atoms with E-state index in [0.29, 0.717) is 0 Å². The van der Waals surface area contributed by atoms with Crippen molar-refractivity contribution in [1.82, 2.24) is 4.90 Å². The predicted octanol–water partition coefficient (Wildman–Crippen LogP) is 1.92. The molecule has 18 heavy (non-hydrogen) atoms. The Bertz CT molecular complexity index is 457. The van der Waals surface area contributed by atoms with Crippen LogP contribution in [0.25, 0.3) is 0 Å². The maximum Gasteiger partial charge on any atom is 0.494 e. The van der Waals surface area contributed by atoms with Gasteiger partial charge >= 0.3 is 6.30 Å². The van der Waals surface area contributed by atoms with Crippen LogP contribution < -0.4 is 11.5 Å². The number of aliphatic imine (C=N–C) groups is 1. The summed E-state index contributed by atoms with van der Waals surface area (Å²) in [5.41, 5.74) is 10.5. The maximum atomic E-state index is 12.7. The summed E-state index contributed by atoms with van der Waals surface area (Å²) in [5, 5.41) is 0. The minimum atomic E-state index is -4.87. The van der Waals surface area contributed by atoms with Crippen LogP contribution in [0.4, 0.5) is 18.9 Å². The van der Waals surface area contributed by atoms with E-state index >= 15 is 0 Å². The second-order valence-corrected chi connectivity index (χ2v) is 3.22. The smallest absolute Gasteiger partial charge is 0.369 e. The van der Waals surface area contributed by atoms with E-state index in [9.17, 15) is 13.2 Å². The van der Waals surface area contributed by atoms with Crippen LogP contribution in [0, 0.1) is 0 Å². The quantitative estimate of drug-likeness (QED) is 0.468. The lowest BCUT2D eigenvalue weighted by Gasteiger charge is -2.23. The Morgan fingerprint density at radius 2 is 1.67 bits per heavy atom. The SMILES string of the molecule is NC(=NCl)N(C(N)=Nc1ccccc1)C(F)(F)F. The van der Waals surface area contributed by atoms with Gasteiger partial charge in [-0.1, -0.05) is 18.2 Å². The third kappa shape index (κ3) is 3.52. The standard InChI is InChI=1S/C9H9ClF3N5/c10-17-8(15)18(9(11,12)13)7(14)16-6-4-2-1-3-5-6/h1-5H,(H2,14,16)(H2,15,17). The van der Waals surface area contributed by atoms with E-state index in [0.717, 1.165) is 0 Å². The van der Waals surface area contributed by atoms with Gasteiger partial charge in [0.15, 0.2) is 0 Å². The third-order valence-corrected chi connectivity index (χ3v) is 1.97. The molecule has 0 unspecified atom stereocenters. The van der Waals surface area contributed by atoms with Gasteiger partial charge in [-0.05, 0) is 12.1 Å². The van der Waals surface area contributed by atoms with Gasteiger partial charge in [-0.25, -0.2) is 4.99 Å². The summed E-state index contributed by atoms with van der Waals surface area (Å²) in [5.74, 6) is -1.89. The second kappa shape index (κ2) is 5.58. The first kappa shape index (κ1) is 14.1. The summed E-state index contributed by atoms with van der Waals surface area (Å²) >= 11 is 4.91. The number of nitrogens with two attached hydrogens (primary N) is 2. The van der Waals surface area contributed by atoms with Gasteiger partial charge in [0.1, 0.15) is 0 Å². The average molecular weight is 280 g/mol. The first-order valence-corrected chi connectivity index (χ1v) is 4.90. The van der Waals surface area contributed by atoms with E-state index in [1.165, 1.54) is 12.1 Å². The second-order valence-electron chi connectivity index (χ2n) is 3.05. The van der Waals surface area contributed by atoms with Gasteiger partial charge in [-0.3, -0.25) is 0 Å². The lowest BCUT2D eigenvalue weighted by Crippen LogP contribution is -2.53. The van der Waals surface area contributed by atoms with Crippen molar-refractivity contribution in [1.29, 1.82) is 0 Å².